The second-order valence-electron chi connectivity index (χ2n) is 6.92. The average Bonchev–Trinajstić information content (AvgIpc) is 3.20. The molecule has 27 heavy (non-hydrogen) atoms. The zero-order valence-corrected chi connectivity index (χ0v) is 16.3. The van der Waals surface area contributed by atoms with E-state index in [4.69, 9.17) is 4.74 Å². The van der Waals surface area contributed by atoms with Crippen LogP contribution in [0.15, 0.2) is 35.8 Å². The molecule has 0 saturated heterocycles. The van der Waals surface area contributed by atoms with Crippen molar-refractivity contribution in [1.82, 2.24) is 20.1 Å². The maximum Gasteiger partial charge on any atom is 0.272 e. The van der Waals surface area contributed by atoms with E-state index < -0.39 is 0 Å². The van der Waals surface area contributed by atoms with Crippen LogP contribution >= 0.6 is 11.3 Å². The van der Waals surface area contributed by atoms with Crippen LogP contribution in [0.3, 0.4) is 0 Å². The van der Waals surface area contributed by atoms with Gasteiger partial charge in [0.2, 0.25) is 0 Å². The molecular formula is C20H22N4O2S. The number of aromatic nitrogens is 3. The van der Waals surface area contributed by atoms with Gasteiger partial charge < -0.3 is 10.1 Å². The third kappa shape index (κ3) is 4.36. The number of amides is 1. The molecule has 4 rings (SSSR count). The third-order valence-corrected chi connectivity index (χ3v) is 5.54. The molecule has 0 spiro atoms. The Labute approximate surface area is 162 Å². The molecule has 0 bridgehead atoms. The molecule has 0 unspecified atom stereocenters. The number of rotatable bonds is 7. The van der Waals surface area contributed by atoms with E-state index in [1.165, 1.54) is 23.4 Å². The van der Waals surface area contributed by atoms with Gasteiger partial charge in [-0.2, -0.15) is 5.10 Å². The van der Waals surface area contributed by atoms with Crippen molar-refractivity contribution in [2.75, 3.05) is 0 Å². The van der Waals surface area contributed by atoms with Crippen LogP contribution in [-0.2, 0) is 13.3 Å². The summed E-state index contributed by atoms with van der Waals surface area (Å²) in [6.45, 7) is 4.74. The Hall–Kier alpha value is -2.67. The van der Waals surface area contributed by atoms with Crippen LogP contribution in [-0.4, -0.2) is 20.7 Å². The topological polar surface area (TPSA) is 69.0 Å². The number of carbonyl (C=O) groups excluding carboxylic acids is 1. The lowest BCUT2D eigenvalue weighted by atomic mass is 10.1. The van der Waals surface area contributed by atoms with E-state index >= 15 is 0 Å². The highest BCUT2D eigenvalue weighted by Gasteiger charge is 2.26. The Bertz CT molecular complexity index is 959. The van der Waals surface area contributed by atoms with Crippen LogP contribution in [0.5, 0.6) is 5.75 Å². The summed E-state index contributed by atoms with van der Waals surface area (Å²) >= 11 is 1.68. The Kier molecular flexibility index (Phi) is 4.94. The van der Waals surface area contributed by atoms with Crippen molar-refractivity contribution in [3.63, 3.8) is 0 Å². The molecule has 0 aliphatic heterocycles. The first kappa shape index (κ1) is 17.7. The lowest BCUT2D eigenvalue weighted by Gasteiger charge is -2.09. The molecule has 1 N–H and O–H groups in total. The molecule has 1 aromatic carbocycles. The number of hydrogen-bond acceptors (Lipinski definition) is 5. The molecule has 2 heterocycles. The smallest absolute Gasteiger partial charge is 0.272 e. The van der Waals surface area contributed by atoms with Crippen molar-refractivity contribution in [2.24, 2.45) is 0 Å². The molecule has 7 heteroatoms. The van der Waals surface area contributed by atoms with Crippen LogP contribution in [0.2, 0.25) is 0 Å². The minimum Gasteiger partial charge on any atom is -0.471 e. The van der Waals surface area contributed by atoms with Crippen molar-refractivity contribution < 1.29 is 9.53 Å². The predicted molar refractivity (Wildman–Crippen MR) is 104 cm³/mol. The molecule has 1 saturated carbocycles. The maximum atomic E-state index is 12.3. The Morgan fingerprint density at radius 1 is 1.33 bits per heavy atom. The molecular weight excluding hydrogens is 360 g/mol. The Morgan fingerprint density at radius 3 is 2.96 bits per heavy atom. The van der Waals surface area contributed by atoms with Gasteiger partial charge in [-0.05, 0) is 44.4 Å². The lowest BCUT2D eigenvalue weighted by Crippen LogP contribution is -2.23. The zero-order chi connectivity index (χ0) is 18.8. The number of hydrogen-bond donors (Lipinski definition) is 1. The number of aryl methyl sites for hydroxylation is 2. The molecule has 1 aliphatic rings. The van der Waals surface area contributed by atoms with Crippen molar-refractivity contribution in [3.8, 4) is 5.75 Å². The van der Waals surface area contributed by atoms with Gasteiger partial charge in [-0.15, -0.1) is 11.3 Å². The van der Waals surface area contributed by atoms with Gasteiger partial charge in [0.15, 0.2) is 6.73 Å². The van der Waals surface area contributed by atoms with Gasteiger partial charge in [0.1, 0.15) is 11.4 Å². The molecule has 140 valence electrons. The van der Waals surface area contributed by atoms with E-state index in [9.17, 15) is 4.79 Å². The molecule has 1 amide bonds. The van der Waals surface area contributed by atoms with E-state index in [0.717, 1.165) is 17.0 Å². The summed E-state index contributed by atoms with van der Waals surface area (Å²) in [6, 6.07) is 7.73. The van der Waals surface area contributed by atoms with Crippen LogP contribution < -0.4 is 10.1 Å². The SMILES string of the molecule is Cc1ccc(OCn2ccc(C(=O)NCc3csc(C4CC4)n3)n2)c(C)c1. The summed E-state index contributed by atoms with van der Waals surface area (Å²) in [6.07, 6.45) is 4.22. The lowest BCUT2D eigenvalue weighted by molar-refractivity contribution is 0.0943. The summed E-state index contributed by atoms with van der Waals surface area (Å²) < 4.78 is 7.40. The van der Waals surface area contributed by atoms with E-state index in [1.807, 2.05) is 31.4 Å². The summed E-state index contributed by atoms with van der Waals surface area (Å²) in [5.41, 5.74) is 3.56. The van der Waals surface area contributed by atoms with E-state index in [-0.39, 0.29) is 12.6 Å². The van der Waals surface area contributed by atoms with Crippen molar-refractivity contribution in [3.05, 3.63) is 63.4 Å². The van der Waals surface area contributed by atoms with Gasteiger partial charge in [0.05, 0.1) is 17.2 Å². The highest BCUT2D eigenvalue weighted by molar-refractivity contribution is 7.09. The fourth-order valence-electron chi connectivity index (χ4n) is 2.83. The summed E-state index contributed by atoms with van der Waals surface area (Å²) in [7, 11) is 0. The summed E-state index contributed by atoms with van der Waals surface area (Å²) in [5, 5.41) is 10.4. The van der Waals surface area contributed by atoms with Crippen LogP contribution in [0.4, 0.5) is 0 Å². The second-order valence-corrected chi connectivity index (χ2v) is 7.81. The number of nitrogens with zero attached hydrogens (tertiary/aromatic N) is 3. The molecule has 6 nitrogen and oxygen atoms in total. The highest BCUT2D eigenvalue weighted by Crippen LogP contribution is 2.41. The number of nitrogens with one attached hydrogen (secondary N) is 1. The van der Waals surface area contributed by atoms with Gasteiger partial charge in [-0.1, -0.05) is 17.7 Å². The van der Waals surface area contributed by atoms with Gasteiger partial charge >= 0.3 is 0 Å². The van der Waals surface area contributed by atoms with Gasteiger partial charge in [-0.25, -0.2) is 9.67 Å². The molecule has 3 aromatic rings. The van der Waals surface area contributed by atoms with Gasteiger partial charge in [0, 0.05) is 17.5 Å². The monoisotopic (exact) mass is 382 g/mol. The van der Waals surface area contributed by atoms with Crippen LogP contribution in [0.25, 0.3) is 0 Å². The Morgan fingerprint density at radius 2 is 2.19 bits per heavy atom. The van der Waals surface area contributed by atoms with Crippen LogP contribution in [0, 0.1) is 13.8 Å². The number of thiazole rings is 1. The highest BCUT2D eigenvalue weighted by atomic mass is 32.1. The van der Waals surface area contributed by atoms with E-state index in [1.54, 1.807) is 28.3 Å². The molecule has 1 fully saturated rings. The fraction of sp³-hybridized carbons (Fsp3) is 0.350. The van der Waals surface area contributed by atoms with Crippen LogP contribution in [0.1, 0.15) is 51.1 Å². The first-order valence-electron chi connectivity index (χ1n) is 9.04. The van der Waals surface area contributed by atoms with E-state index in [0.29, 0.717) is 18.2 Å². The van der Waals surface area contributed by atoms with Crippen molar-refractivity contribution >= 4 is 17.2 Å². The van der Waals surface area contributed by atoms with E-state index in [2.05, 4.69) is 21.5 Å². The van der Waals surface area contributed by atoms with Crippen molar-refractivity contribution in [2.45, 2.75) is 45.9 Å². The minimum atomic E-state index is -0.207. The first-order chi connectivity index (χ1) is 13.1. The number of ether oxygens (including phenoxy) is 1. The molecule has 1 aliphatic carbocycles. The first-order valence-corrected chi connectivity index (χ1v) is 9.92. The standard InChI is InChI=1S/C20H22N4O2S/c1-13-3-6-18(14(2)9-13)26-12-24-8-7-17(23-24)19(25)21-10-16-11-27-20(22-16)15-4-5-15/h3,6-9,11,15H,4-5,10,12H2,1-2H3,(H,21,25). The van der Waals surface area contributed by atoms with Gasteiger partial charge in [-0.3, -0.25) is 4.79 Å². The quantitative estimate of drug-likeness (QED) is 0.675. The summed E-state index contributed by atoms with van der Waals surface area (Å²) in [4.78, 5) is 16.9. The predicted octanol–water partition coefficient (Wildman–Crippen LogP) is 3.80. The zero-order valence-electron chi connectivity index (χ0n) is 15.4. The summed E-state index contributed by atoms with van der Waals surface area (Å²) in [5.74, 6) is 1.26. The number of carbonyl (C=O) groups is 1. The normalized spacial score (nSPS) is 13.6. The fourth-order valence-corrected chi connectivity index (χ4v) is 3.83. The average molecular weight is 382 g/mol. The molecule has 2 aromatic heterocycles. The third-order valence-electron chi connectivity index (χ3n) is 4.48. The number of benzene rings is 1. The van der Waals surface area contributed by atoms with Crippen molar-refractivity contribution in [1.29, 1.82) is 0 Å². The maximum absolute atomic E-state index is 12.3. The molecule has 0 radical (unpaired) electrons. The Balaban J connectivity index is 1.30. The minimum absolute atomic E-state index is 0.207. The molecule has 0 atom stereocenters. The van der Waals surface area contributed by atoms with Gasteiger partial charge in [0.25, 0.3) is 5.91 Å². The largest absolute Gasteiger partial charge is 0.471 e. The second kappa shape index (κ2) is 7.52.